The van der Waals surface area contributed by atoms with Crippen molar-refractivity contribution in [1.29, 1.82) is 0 Å². The van der Waals surface area contributed by atoms with Crippen LogP contribution in [0.2, 0.25) is 0 Å². The molecule has 1 aromatic heterocycles. The Labute approximate surface area is 202 Å². The number of carbonyl (C=O) groups excluding carboxylic acids is 2. The van der Waals surface area contributed by atoms with Crippen LogP contribution in [0.15, 0.2) is 66.3 Å². The minimum Gasteiger partial charge on any atom is -0.342 e. The molecule has 2 aromatic carbocycles. The minimum atomic E-state index is -4.52. The van der Waals surface area contributed by atoms with Crippen LogP contribution in [-0.2, 0) is 17.5 Å². The zero-order chi connectivity index (χ0) is 25.6. The number of hydrogen-bond acceptors (Lipinski definition) is 5. The third kappa shape index (κ3) is 6.69. The quantitative estimate of drug-likeness (QED) is 0.246. The molecule has 3 rings (SSSR count). The summed E-state index contributed by atoms with van der Waals surface area (Å²) in [6.45, 7) is 5.60. The molecule has 184 valence electrons. The Balaban J connectivity index is 1.67. The van der Waals surface area contributed by atoms with Gasteiger partial charge in [-0.05, 0) is 37.3 Å². The van der Waals surface area contributed by atoms with Gasteiger partial charge >= 0.3 is 6.18 Å². The molecular formula is C23H21F4N5O2S. The van der Waals surface area contributed by atoms with Crippen LogP contribution in [0.25, 0.3) is 0 Å². The largest absolute Gasteiger partial charge is 0.416 e. The number of anilines is 1. The fourth-order valence-corrected chi connectivity index (χ4v) is 3.87. The molecule has 0 fully saturated rings. The lowest BCUT2D eigenvalue weighted by Crippen LogP contribution is -2.29. The summed E-state index contributed by atoms with van der Waals surface area (Å²) < 4.78 is 54.1. The van der Waals surface area contributed by atoms with E-state index in [1.807, 2.05) is 0 Å². The van der Waals surface area contributed by atoms with E-state index in [9.17, 15) is 27.2 Å². The van der Waals surface area contributed by atoms with Crippen LogP contribution in [-0.4, -0.2) is 32.3 Å². The number of alkyl halides is 3. The van der Waals surface area contributed by atoms with E-state index in [0.29, 0.717) is 11.0 Å². The second kappa shape index (κ2) is 11.2. The lowest BCUT2D eigenvalue weighted by Gasteiger charge is -2.15. The van der Waals surface area contributed by atoms with Crippen LogP contribution in [0, 0.1) is 5.82 Å². The van der Waals surface area contributed by atoms with Gasteiger partial charge in [0.25, 0.3) is 5.91 Å². The van der Waals surface area contributed by atoms with Crippen LogP contribution in [0.3, 0.4) is 0 Å². The second-order valence-corrected chi connectivity index (χ2v) is 8.27. The molecule has 2 N–H and O–H groups in total. The number of nitrogens with one attached hydrogen (secondary N) is 2. The number of thioether (sulfide) groups is 1. The zero-order valence-electron chi connectivity index (χ0n) is 18.5. The summed E-state index contributed by atoms with van der Waals surface area (Å²) in [5, 5.41) is 13.6. The Morgan fingerprint density at radius 3 is 2.60 bits per heavy atom. The highest BCUT2D eigenvalue weighted by Crippen LogP contribution is 2.30. The number of aromatic nitrogens is 3. The van der Waals surface area contributed by atoms with Gasteiger partial charge in [0.15, 0.2) is 11.0 Å². The van der Waals surface area contributed by atoms with E-state index >= 15 is 0 Å². The molecular weight excluding hydrogens is 486 g/mol. The summed E-state index contributed by atoms with van der Waals surface area (Å²) in [5.74, 6) is -1.62. The molecule has 35 heavy (non-hydrogen) atoms. The fourth-order valence-electron chi connectivity index (χ4n) is 3.11. The van der Waals surface area contributed by atoms with Gasteiger partial charge < -0.3 is 15.2 Å². The number of benzene rings is 2. The third-order valence-corrected chi connectivity index (χ3v) is 5.68. The number of amides is 2. The zero-order valence-corrected chi connectivity index (χ0v) is 19.3. The van der Waals surface area contributed by atoms with Crippen molar-refractivity contribution in [1.82, 2.24) is 20.1 Å². The van der Waals surface area contributed by atoms with Gasteiger partial charge in [-0.3, -0.25) is 9.59 Å². The molecule has 0 aliphatic heterocycles. The van der Waals surface area contributed by atoms with Gasteiger partial charge in [-0.15, -0.1) is 16.8 Å². The van der Waals surface area contributed by atoms with Crippen LogP contribution in [0.1, 0.15) is 34.7 Å². The van der Waals surface area contributed by atoms with E-state index in [2.05, 4.69) is 27.4 Å². The molecule has 0 aliphatic rings. The molecule has 0 aliphatic carbocycles. The highest BCUT2D eigenvalue weighted by atomic mass is 32.2. The molecule has 3 aromatic rings. The average Bonchev–Trinajstić information content (AvgIpc) is 3.20. The van der Waals surface area contributed by atoms with Crippen molar-refractivity contribution in [3.05, 3.63) is 84.0 Å². The summed E-state index contributed by atoms with van der Waals surface area (Å²) in [4.78, 5) is 24.8. The number of carbonyl (C=O) groups is 2. The summed E-state index contributed by atoms with van der Waals surface area (Å²) in [6, 6.07) is 9.23. The van der Waals surface area contributed by atoms with Crippen LogP contribution in [0.4, 0.5) is 23.2 Å². The first kappa shape index (κ1) is 25.9. The van der Waals surface area contributed by atoms with Crippen molar-refractivity contribution in [3.8, 4) is 0 Å². The molecule has 0 radical (unpaired) electrons. The fraction of sp³-hybridized carbons (Fsp3) is 0.217. The van der Waals surface area contributed by atoms with E-state index in [1.165, 1.54) is 30.3 Å². The lowest BCUT2D eigenvalue weighted by atomic mass is 10.2. The Kier molecular flexibility index (Phi) is 8.28. The van der Waals surface area contributed by atoms with Gasteiger partial charge in [-0.2, -0.15) is 13.2 Å². The van der Waals surface area contributed by atoms with Crippen molar-refractivity contribution < 1.29 is 27.2 Å². The van der Waals surface area contributed by atoms with Crippen LogP contribution >= 0.6 is 11.8 Å². The molecule has 0 bridgehead atoms. The number of nitrogens with zero attached hydrogens (tertiary/aromatic N) is 3. The van der Waals surface area contributed by atoms with Crippen molar-refractivity contribution >= 4 is 29.3 Å². The molecule has 0 saturated carbocycles. The smallest absolute Gasteiger partial charge is 0.342 e. The standard InChI is InChI=1S/C23H21F4N5O2S/c1-3-11-32-20(14(2)28-21(34)17-9-4-5-10-18(17)24)30-31-22(32)35-13-19(33)29-16-8-6-7-15(12-16)23(25,26)27/h3-10,12,14H,1,11,13H2,2H3,(H,28,34)(H,29,33)/t14-/m0/s1. The summed E-state index contributed by atoms with van der Waals surface area (Å²) in [5.41, 5.74) is -0.970. The minimum absolute atomic E-state index is 0.0168. The highest BCUT2D eigenvalue weighted by Gasteiger charge is 2.30. The summed E-state index contributed by atoms with van der Waals surface area (Å²) >= 11 is 1.01. The van der Waals surface area contributed by atoms with Gasteiger partial charge in [0.1, 0.15) is 5.82 Å². The van der Waals surface area contributed by atoms with E-state index in [4.69, 9.17) is 0 Å². The lowest BCUT2D eigenvalue weighted by molar-refractivity contribution is -0.137. The van der Waals surface area contributed by atoms with Gasteiger partial charge in [-0.25, -0.2) is 4.39 Å². The first-order chi connectivity index (χ1) is 16.6. The molecule has 0 unspecified atom stereocenters. The Bertz CT molecular complexity index is 1230. The van der Waals surface area contributed by atoms with Gasteiger partial charge in [-0.1, -0.05) is 36.0 Å². The van der Waals surface area contributed by atoms with E-state index in [1.54, 1.807) is 23.6 Å². The first-order valence-electron chi connectivity index (χ1n) is 10.3. The third-order valence-electron chi connectivity index (χ3n) is 4.72. The first-order valence-corrected chi connectivity index (χ1v) is 11.3. The molecule has 2 amide bonds. The number of allylic oxidation sites excluding steroid dienone is 1. The van der Waals surface area contributed by atoms with Crippen molar-refractivity contribution in [3.63, 3.8) is 0 Å². The normalized spacial score (nSPS) is 12.1. The molecule has 0 saturated heterocycles. The van der Waals surface area contributed by atoms with E-state index in [0.717, 1.165) is 23.9 Å². The molecule has 0 spiro atoms. The predicted molar refractivity (Wildman–Crippen MR) is 123 cm³/mol. The predicted octanol–water partition coefficient (Wildman–Crippen LogP) is 4.84. The SMILES string of the molecule is C=CCn1c(SCC(=O)Nc2cccc(C(F)(F)F)c2)nnc1[C@H](C)NC(=O)c1ccccc1F. The van der Waals surface area contributed by atoms with Gasteiger partial charge in [0.2, 0.25) is 5.91 Å². The maximum Gasteiger partial charge on any atom is 0.416 e. The number of rotatable bonds is 9. The van der Waals surface area contributed by atoms with Crippen molar-refractivity contribution in [2.45, 2.75) is 30.8 Å². The second-order valence-electron chi connectivity index (χ2n) is 7.33. The van der Waals surface area contributed by atoms with Crippen LogP contribution < -0.4 is 10.6 Å². The molecule has 12 heteroatoms. The van der Waals surface area contributed by atoms with Crippen molar-refractivity contribution in [2.75, 3.05) is 11.1 Å². The molecule has 1 atom stereocenters. The van der Waals surface area contributed by atoms with Gasteiger partial charge in [0, 0.05) is 12.2 Å². The Morgan fingerprint density at radius 1 is 1.17 bits per heavy atom. The Hall–Kier alpha value is -3.67. The summed E-state index contributed by atoms with van der Waals surface area (Å²) in [7, 11) is 0. The summed E-state index contributed by atoms with van der Waals surface area (Å²) in [6.07, 6.45) is -2.95. The monoisotopic (exact) mass is 507 g/mol. The Morgan fingerprint density at radius 2 is 1.91 bits per heavy atom. The van der Waals surface area contributed by atoms with Crippen LogP contribution in [0.5, 0.6) is 0 Å². The van der Waals surface area contributed by atoms with Gasteiger partial charge in [0.05, 0.1) is 22.9 Å². The van der Waals surface area contributed by atoms with Crippen molar-refractivity contribution in [2.24, 2.45) is 0 Å². The molecule has 1 heterocycles. The topological polar surface area (TPSA) is 88.9 Å². The van der Waals surface area contributed by atoms with E-state index in [-0.39, 0.29) is 23.5 Å². The highest BCUT2D eigenvalue weighted by molar-refractivity contribution is 7.99. The average molecular weight is 508 g/mol. The molecule has 7 nitrogen and oxygen atoms in total. The number of hydrogen-bond donors (Lipinski definition) is 2. The maximum absolute atomic E-state index is 13.9. The van der Waals surface area contributed by atoms with E-state index < -0.39 is 35.4 Å². The maximum atomic E-state index is 13.9. The number of halogens is 4.